The molecule has 8 nitrogen and oxygen atoms in total. The second kappa shape index (κ2) is 11.1. The van der Waals surface area contributed by atoms with Crippen molar-refractivity contribution in [3.63, 3.8) is 0 Å². The van der Waals surface area contributed by atoms with Crippen molar-refractivity contribution in [3.8, 4) is 0 Å². The average molecular weight is 425 g/mol. The van der Waals surface area contributed by atoms with Crippen molar-refractivity contribution in [1.29, 1.82) is 0 Å². The molecule has 0 saturated carbocycles. The van der Waals surface area contributed by atoms with E-state index >= 15 is 0 Å². The standard InChI is InChI=1S/C23H28N4O4/c1-2-9-24-22(29)17-5-3-8-20(14-17)26-21(28)16-25-19-7-4-6-18(15-19)23(30)27-10-12-31-13-11-27/h3-8,14-15,25H,2,9-13,16H2,1H3,(H,24,29)(H,26,28). The van der Waals surface area contributed by atoms with E-state index in [0.29, 0.717) is 55.3 Å². The number of morpholine rings is 1. The lowest BCUT2D eigenvalue weighted by atomic mass is 10.1. The monoisotopic (exact) mass is 424 g/mol. The van der Waals surface area contributed by atoms with E-state index in [-0.39, 0.29) is 24.3 Å². The summed E-state index contributed by atoms with van der Waals surface area (Å²) in [5.41, 5.74) is 2.29. The molecule has 1 saturated heterocycles. The zero-order valence-corrected chi connectivity index (χ0v) is 17.6. The summed E-state index contributed by atoms with van der Waals surface area (Å²) in [6, 6.07) is 13.9. The van der Waals surface area contributed by atoms with Crippen LogP contribution in [0.4, 0.5) is 11.4 Å². The summed E-state index contributed by atoms with van der Waals surface area (Å²) in [5.74, 6) is -0.469. The normalized spacial score (nSPS) is 13.4. The Balaban J connectivity index is 1.54. The van der Waals surface area contributed by atoms with Crippen LogP contribution < -0.4 is 16.0 Å². The molecule has 1 aliphatic rings. The SMILES string of the molecule is CCCNC(=O)c1cccc(NC(=O)CNc2cccc(C(=O)N3CCOCC3)c2)c1. The summed E-state index contributed by atoms with van der Waals surface area (Å²) in [4.78, 5) is 38.8. The van der Waals surface area contributed by atoms with Crippen LogP contribution in [-0.4, -0.2) is 62.0 Å². The predicted molar refractivity (Wildman–Crippen MR) is 119 cm³/mol. The number of anilines is 2. The van der Waals surface area contributed by atoms with Crippen LogP contribution >= 0.6 is 0 Å². The maximum atomic E-state index is 12.6. The Morgan fingerprint density at radius 3 is 2.39 bits per heavy atom. The number of hydrogen-bond donors (Lipinski definition) is 3. The molecule has 8 heteroatoms. The molecule has 31 heavy (non-hydrogen) atoms. The van der Waals surface area contributed by atoms with Crippen LogP contribution in [0.5, 0.6) is 0 Å². The molecule has 0 aromatic heterocycles. The topological polar surface area (TPSA) is 99.8 Å². The number of nitrogens with one attached hydrogen (secondary N) is 3. The number of nitrogens with zero attached hydrogens (tertiary/aromatic N) is 1. The van der Waals surface area contributed by atoms with Gasteiger partial charge in [-0.1, -0.05) is 19.1 Å². The number of carbonyl (C=O) groups excluding carboxylic acids is 3. The van der Waals surface area contributed by atoms with Crippen molar-refractivity contribution >= 4 is 29.1 Å². The molecule has 2 aromatic rings. The Labute approximate surface area is 182 Å². The summed E-state index contributed by atoms with van der Waals surface area (Å²) in [6.07, 6.45) is 0.854. The molecule has 0 atom stereocenters. The maximum absolute atomic E-state index is 12.6. The summed E-state index contributed by atoms with van der Waals surface area (Å²) < 4.78 is 5.29. The quantitative estimate of drug-likeness (QED) is 0.604. The number of carbonyl (C=O) groups is 3. The van der Waals surface area contributed by atoms with Gasteiger partial charge in [-0.2, -0.15) is 0 Å². The van der Waals surface area contributed by atoms with E-state index in [1.165, 1.54) is 0 Å². The van der Waals surface area contributed by atoms with E-state index in [1.807, 2.05) is 13.0 Å². The van der Waals surface area contributed by atoms with E-state index in [9.17, 15) is 14.4 Å². The lowest BCUT2D eigenvalue weighted by Crippen LogP contribution is -2.40. The van der Waals surface area contributed by atoms with Gasteiger partial charge in [0.2, 0.25) is 5.91 Å². The molecule has 1 heterocycles. The zero-order chi connectivity index (χ0) is 22.1. The van der Waals surface area contributed by atoms with Crippen LogP contribution in [0.25, 0.3) is 0 Å². The first-order valence-corrected chi connectivity index (χ1v) is 10.5. The smallest absolute Gasteiger partial charge is 0.254 e. The largest absolute Gasteiger partial charge is 0.378 e. The van der Waals surface area contributed by atoms with Crippen LogP contribution in [0.1, 0.15) is 34.1 Å². The lowest BCUT2D eigenvalue weighted by molar-refractivity contribution is -0.114. The minimum absolute atomic E-state index is 0.0292. The number of ether oxygens (including phenoxy) is 1. The van der Waals surface area contributed by atoms with Gasteiger partial charge in [0.05, 0.1) is 19.8 Å². The summed E-state index contributed by atoms with van der Waals surface area (Å²) in [6.45, 7) is 4.87. The molecular formula is C23H28N4O4. The molecule has 0 spiro atoms. The van der Waals surface area contributed by atoms with Crippen molar-refractivity contribution in [3.05, 3.63) is 59.7 Å². The number of rotatable bonds is 8. The van der Waals surface area contributed by atoms with Gasteiger partial charge in [0, 0.05) is 42.1 Å². The summed E-state index contributed by atoms with van der Waals surface area (Å²) in [7, 11) is 0. The Morgan fingerprint density at radius 1 is 0.968 bits per heavy atom. The van der Waals surface area contributed by atoms with Crippen molar-refractivity contribution < 1.29 is 19.1 Å². The second-order valence-corrected chi connectivity index (χ2v) is 7.22. The van der Waals surface area contributed by atoms with Crippen LogP contribution in [-0.2, 0) is 9.53 Å². The third kappa shape index (κ3) is 6.55. The van der Waals surface area contributed by atoms with Crippen LogP contribution in [0.3, 0.4) is 0 Å². The number of hydrogen-bond acceptors (Lipinski definition) is 5. The molecule has 2 aromatic carbocycles. The molecular weight excluding hydrogens is 396 g/mol. The van der Waals surface area contributed by atoms with E-state index in [2.05, 4.69) is 16.0 Å². The maximum Gasteiger partial charge on any atom is 0.254 e. The van der Waals surface area contributed by atoms with Crippen molar-refractivity contribution in [2.24, 2.45) is 0 Å². The molecule has 164 valence electrons. The molecule has 3 rings (SSSR count). The predicted octanol–water partition coefficient (Wildman–Crippen LogP) is 2.35. The van der Waals surface area contributed by atoms with E-state index < -0.39 is 0 Å². The first-order chi connectivity index (χ1) is 15.1. The molecule has 3 N–H and O–H groups in total. The Morgan fingerprint density at radius 2 is 1.65 bits per heavy atom. The van der Waals surface area contributed by atoms with E-state index in [4.69, 9.17) is 4.74 Å². The van der Waals surface area contributed by atoms with Gasteiger partial charge in [-0.15, -0.1) is 0 Å². The molecule has 0 radical (unpaired) electrons. The van der Waals surface area contributed by atoms with E-state index in [0.717, 1.165) is 6.42 Å². The highest BCUT2D eigenvalue weighted by molar-refractivity contribution is 5.98. The second-order valence-electron chi connectivity index (χ2n) is 7.22. The highest BCUT2D eigenvalue weighted by Crippen LogP contribution is 2.14. The van der Waals surface area contributed by atoms with Gasteiger partial charge in [0.1, 0.15) is 0 Å². The highest BCUT2D eigenvalue weighted by Gasteiger charge is 2.18. The summed E-state index contributed by atoms with van der Waals surface area (Å²) >= 11 is 0. The van der Waals surface area contributed by atoms with Crippen molar-refractivity contribution in [1.82, 2.24) is 10.2 Å². The molecule has 1 fully saturated rings. The Bertz CT molecular complexity index is 925. The van der Waals surface area contributed by atoms with Gasteiger partial charge in [-0.05, 0) is 42.8 Å². The Kier molecular flexibility index (Phi) is 8.00. The fourth-order valence-electron chi connectivity index (χ4n) is 3.18. The van der Waals surface area contributed by atoms with Crippen molar-refractivity contribution in [2.75, 3.05) is 50.0 Å². The molecule has 1 aliphatic heterocycles. The Hall–Kier alpha value is -3.39. The van der Waals surface area contributed by atoms with E-state index in [1.54, 1.807) is 47.4 Å². The first-order valence-electron chi connectivity index (χ1n) is 10.5. The van der Waals surface area contributed by atoms with Gasteiger partial charge < -0.3 is 25.6 Å². The van der Waals surface area contributed by atoms with Crippen LogP contribution in [0.15, 0.2) is 48.5 Å². The van der Waals surface area contributed by atoms with Crippen LogP contribution in [0.2, 0.25) is 0 Å². The minimum Gasteiger partial charge on any atom is -0.378 e. The van der Waals surface area contributed by atoms with Gasteiger partial charge in [-0.25, -0.2) is 0 Å². The molecule has 0 aliphatic carbocycles. The molecule has 0 unspecified atom stereocenters. The highest BCUT2D eigenvalue weighted by atomic mass is 16.5. The molecule has 0 bridgehead atoms. The third-order valence-corrected chi connectivity index (χ3v) is 4.80. The minimum atomic E-state index is -0.254. The van der Waals surface area contributed by atoms with Gasteiger partial charge >= 0.3 is 0 Å². The average Bonchev–Trinajstić information content (AvgIpc) is 2.81. The van der Waals surface area contributed by atoms with Gasteiger partial charge in [0.15, 0.2) is 0 Å². The number of benzene rings is 2. The van der Waals surface area contributed by atoms with Crippen molar-refractivity contribution in [2.45, 2.75) is 13.3 Å². The number of amides is 3. The van der Waals surface area contributed by atoms with Gasteiger partial charge in [-0.3, -0.25) is 14.4 Å². The van der Waals surface area contributed by atoms with Crippen LogP contribution in [0, 0.1) is 0 Å². The fourth-order valence-corrected chi connectivity index (χ4v) is 3.18. The first kappa shape index (κ1) is 22.3. The lowest BCUT2D eigenvalue weighted by Gasteiger charge is -2.27. The fraction of sp³-hybridized carbons (Fsp3) is 0.348. The molecule has 3 amide bonds. The van der Waals surface area contributed by atoms with Gasteiger partial charge in [0.25, 0.3) is 11.8 Å². The third-order valence-electron chi connectivity index (χ3n) is 4.80. The summed E-state index contributed by atoms with van der Waals surface area (Å²) in [5, 5.41) is 8.64. The zero-order valence-electron chi connectivity index (χ0n) is 17.6.